The maximum Gasteiger partial charge on any atom is 0.408 e. The number of ether oxygens (including phenoxy) is 1. The van der Waals surface area contributed by atoms with E-state index in [0.717, 1.165) is 41.5 Å². The molecule has 0 aromatic heterocycles. The highest BCUT2D eigenvalue weighted by molar-refractivity contribution is 5.90. The molecule has 2 aromatic carbocycles. The Labute approximate surface area is 199 Å². The van der Waals surface area contributed by atoms with Crippen molar-refractivity contribution in [2.75, 3.05) is 13.2 Å². The molecule has 0 bridgehead atoms. The molecule has 180 valence electrons. The van der Waals surface area contributed by atoms with Gasteiger partial charge in [-0.2, -0.15) is 0 Å². The van der Waals surface area contributed by atoms with Crippen molar-refractivity contribution in [1.82, 2.24) is 10.6 Å². The minimum atomic E-state index is -1.02. The van der Waals surface area contributed by atoms with Crippen molar-refractivity contribution in [3.05, 3.63) is 59.7 Å². The molecule has 0 saturated heterocycles. The standard InChI is InChI=1S/C27H32N2O5/c1-18(24(30)31)13-16-28-25(32)27(14-7-2-8-15-27)29-26(33)34-17-23-21-11-5-3-9-19(21)20-10-4-6-12-22(20)23/h3-6,9-12,18,23H,2,7-8,13-17H2,1H3,(H,28,32)(H,29,33)(H,30,31). The molecule has 34 heavy (non-hydrogen) atoms. The van der Waals surface area contributed by atoms with Gasteiger partial charge >= 0.3 is 12.1 Å². The number of rotatable bonds is 8. The maximum absolute atomic E-state index is 13.1. The molecule has 2 amide bonds. The molecule has 0 radical (unpaired) electrons. The fraction of sp³-hybridized carbons (Fsp3) is 0.444. The molecule has 7 heteroatoms. The van der Waals surface area contributed by atoms with Crippen LogP contribution in [0.5, 0.6) is 0 Å². The number of amides is 2. The van der Waals surface area contributed by atoms with Gasteiger partial charge in [-0.15, -0.1) is 0 Å². The van der Waals surface area contributed by atoms with Gasteiger partial charge in [0.1, 0.15) is 12.1 Å². The summed E-state index contributed by atoms with van der Waals surface area (Å²) in [5, 5.41) is 14.8. The van der Waals surface area contributed by atoms with Crippen LogP contribution in [0.25, 0.3) is 11.1 Å². The molecule has 1 unspecified atom stereocenters. The highest BCUT2D eigenvalue weighted by Crippen LogP contribution is 2.44. The summed E-state index contributed by atoms with van der Waals surface area (Å²) in [5.74, 6) is -1.75. The third kappa shape index (κ3) is 4.93. The fourth-order valence-corrected chi connectivity index (χ4v) is 5.09. The van der Waals surface area contributed by atoms with Gasteiger partial charge in [0.05, 0.1) is 5.92 Å². The molecular formula is C27H32N2O5. The van der Waals surface area contributed by atoms with E-state index in [1.807, 2.05) is 24.3 Å². The number of benzene rings is 2. The van der Waals surface area contributed by atoms with Crippen LogP contribution >= 0.6 is 0 Å². The van der Waals surface area contributed by atoms with E-state index >= 15 is 0 Å². The number of carbonyl (C=O) groups excluding carboxylic acids is 2. The van der Waals surface area contributed by atoms with E-state index in [1.165, 1.54) is 0 Å². The second-order valence-electron chi connectivity index (χ2n) is 9.38. The Morgan fingerprint density at radius 2 is 1.59 bits per heavy atom. The van der Waals surface area contributed by atoms with Crippen LogP contribution in [-0.4, -0.2) is 41.8 Å². The molecule has 7 nitrogen and oxygen atoms in total. The Morgan fingerprint density at radius 1 is 1.00 bits per heavy atom. The van der Waals surface area contributed by atoms with Crippen LogP contribution in [0.2, 0.25) is 0 Å². The van der Waals surface area contributed by atoms with Crippen molar-refractivity contribution in [1.29, 1.82) is 0 Å². The summed E-state index contributed by atoms with van der Waals surface area (Å²) in [5.41, 5.74) is 3.56. The van der Waals surface area contributed by atoms with Gasteiger partial charge in [-0.1, -0.05) is 74.7 Å². The molecule has 0 aliphatic heterocycles. The van der Waals surface area contributed by atoms with Crippen LogP contribution < -0.4 is 10.6 Å². The Bertz CT molecular complexity index is 1010. The zero-order valence-electron chi connectivity index (χ0n) is 19.5. The quantitative estimate of drug-likeness (QED) is 0.535. The molecule has 0 heterocycles. The molecule has 2 aliphatic carbocycles. The lowest BCUT2D eigenvalue weighted by Crippen LogP contribution is -2.60. The van der Waals surface area contributed by atoms with Crippen LogP contribution in [0.4, 0.5) is 4.79 Å². The molecule has 2 aromatic rings. The topological polar surface area (TPSA) is 105 Å². The second kappa shape index (κ2) is 10.3. The minimum absolute atomic E-state index is 0.0493. The Morgan fingerprint density at radius 3 is 2.18 bits per heavy atom. The smallest absolute Gasteiger partial charge is 0.408 e. The Hall–Kier alpha value is -3.35. The lowest BCUT2D eigenvalue weighted by atomic mass is 9.81. The van der Waals surface area contributed by atoms with Crippen molar-refractivity contribution in [3.63, 3.8) is 0 Å². The van der Waals surface area contributed by atoms with E-state index < -0.39 is 23.5 Å². The van der Waals surface area contributed by atoms with Crippen molar-refractivity contribution >= 4 is 18.0 Å². The predicted octanol–water partition coefficient (Wildman–Crippen LogP) is 4.46. The van der Waals surface area contributed by atoms with Crippen molar-refractivity contribution < 1.29 is 24.2 Å². The Balaban J connectivity index is 1.40. The molecule has 0 spiro atoms. The molecule has 2 aliphatic rings. The molecule has 1 atom stereocenters. The third-order valence-electron chi connectivity index (χ3n) is 7.11. The monoisotopic (exact) mass is 464 g/mol. The SMILES string of the molecule is CC(CCNC(=O)C1(NC(=O)OCC2c3ccccc3-c3ccccc32)CCCCC1)C(=O)O. The van der Waals surface area contributed by atoms with Gasteiger partial charge in [-0.25, -0.2) is 4.79 Å². The normalized spacial score (nSPS) is 17.2. The van der Waals surface area contributed by atoms with E-state index in [0.29, 0.717) is 19.3 Å². The van der Waals surface area contributed by atoms with Crippen LogP contribution in [-0.2, 0) is 14.3 Å². The number of carbonyl (C=O) groups is 3. The average molecular weight is 465 g/mol. The van der Waals surface area contributed by atoms with Gasteiger partial charge in [0.25, 0.3) is 0 Å². The summed E-state index contributed by atoms with van der Waals surface area (Å²) >= 11 is 0. The first-order chi connectivity index (χ1) is 16.4. The van der Waals surface area contributed by atoms with Gasteiger partial charge in [0.15, 0.2) is 0 Å². The van der Waals surface area contributed by atoms with Gasteiger partial charge in [-0.05, 0) is 41.5 Å². The number of fused-ring (bicyclic) bond motifs is 3. The summed E-state index contributed by atoms with van der Waals surface area (Å²) in [6.45, 7) is 2.05. The highest BCUT2D eigenvalue weighted by Gasteiger charge is 2.41. The van der Waals surface area contributed by atoms with Crippen LogP contribution in [0, 0.1) is 5.92 Å². The average Bonchev–Trinajstić information content (AvgIpc) is 3.17. The van der Waals surface area contributed by atoms with Gasteiger partial charge in [0, 0.05) is 12.5 Å². The first-order valence-corrected chi connectivity index (χ1v) is 12.1. The molecule has 3 N–H and O–H groups in total. The zero-order chi connectivity index (χ0) is 24.1. The van der Waals surface area contributed by atoms with Gasteiger partial charge in [0.2, 0.25) is 5.91 Å². The number of aliphatic carboxylic acids is 1. The molecule has 4 rings (SSSR count). The van der Waals surface area contributed by atoms with E-state index in [2.05, 4.69) is 34.9 Å². The van der Waals surface area contributed by atoms with E-state index in [1.54, 1.807) is 6.92 Å². The maximum atomic E-state index is 13.1. The van der Waals surface area contributed by atoms with Crippen molar-refractivity contribution in [3.8, 4) is 11.1 Å². The first-order valence-electron chi connectivity index (χ1n) is 12.1. The zero-order valence-corrected chi connectivity index (χ0v) is 19.5. The van der Waals surface area contributed by atoms with Crippen molar-refractivity contribution in [2.45, 2.75) is 56.9 Å². The lowest BCUT2D eigenvalue weighted by Gasteiger charge is -2.36. The second-order valence-corrected chi connectivity index (χ2v) is 9.38. The van der Waals surface area contributed by atoms with Gasteiger partial charge in [-0.3, -0.25) is 9.59 Å². The summed E-state index contributed by atoms with van der Waals surface area (Å²) in [4.78, 5) is 37.0. The summed E-state index contributed by atoms with van der Waals surface area (Å²) in [6.07, 6.45) is 3.50. The first kappa shape index (κ1) is 23.8. The predicted molar refractivity (Wildman–Crippen MR) is 128 cm³/mol. The van der Waals surface area contributed by atoms with E-state index in [9.17, 15) is 14.4 Å². The van der Waals surface area contributed by atoms with Crippen LogP contribution in [0.1, 0.15) is 62.5 Å². The molecular weight excluding hydrogens is 432 g/mol. The number of hydrogen-bond acceptors (Lipinski definition) is 4. The highest BCUT2D eigenvalue weighted by atomic mass is 16.5. The number of carboxylic acid groups (broad SMARTS) is 1. The molecule has 1 fully saturated rings. The number of alkyl carbamates (subject to hydrolysis) is 1. The largest absolute Gasteiger partial charge is 0.481 e. The van der Waals surface area contributed by atoms with Gasteiger partial charge < -0.3 is 20.5 Å². The third-order valence-corrected chi connectivity index (χ3v) is 7.11. The fourth-order valence-electron chi connectivity index (χ4n) is 5.09. The van der Waals surface area contributed by atoms with Crippen LogP contribution in [0.3, 0.4) is 0 Å². The summed E-state index contributed by atoms with van der Waals surface area (Å²) in [6, 6.07) is 16.3. The number of nitrogens with one attached hydrogen (secondary N) is 2. The van der Waals surface area contributed by atoms with E-state index in [-0.39, 0.29) is 25.0 Å². The number of carboxylic acids is 1. The van der Waals surface area contributed by atoms with Crippen molar-refractivity contribution in [2.24, 2.45) is 5.92 Å². The Kier molecular flexibility index (Phi) is 7.20. The van der Waals surface area contributed by atoms with Crippen LogP contribution in [0.15, 0.2) is 48.5 Å². The summed E-state index contributed by atoms with van der Waals surface area (Å²) in [7, 11) is 0. The van der Waals surface area contributed by atoms with E-state index in [4.69, 9.17) is 9.84 Å². The molecule has 1 saturated carbocycles. The summed E-state index contributed by atoms with van der Waals surface area (Å²) < 4.78 is 5.68. The minimum Gasteiger partial charge on any atom is -0.481 e. The number of hydrogen-bond donors (Lipinski definition) is 3. The lowest BCUT2D eigenvalue weighted by molar-refractivity contribution is -0.141.